The quantitative estimate of drug-likeness (QED) is 0.458. The van der Waals surface area contributed by atoms with Gasteiger partial charge in [-0.2, -0.15) is 4.31 Å². The zero-order valence-corrected chi connectivity index (χ0v) is 20.3. The molecule has 1 aliphatic rings. The second kappa shape index (κ2) is 11.3. The number of amides is 1. The Hall–Kier alpha value is -3.46. The number of anilines is 1. The maximum Gasteiger partial charge on any atom is 0.255 e. The number of nitrogens with one attached hydrogen (secondary N) is 1. The number of ether oxygens (including phenoxy) is 1. The molecule has 1 saturated heterocycles. The highest BCUT2D eigenvalue weighted by atomic mass is 32.2. The molecule has 1 aliphatic heterocycles. The van der Waals surface area contributed by atoms with E-state index in [1.165, 1.54) is 0 Å². The lowest BCUT2D eigenvalue weighted by atomic mass is 10.1. The third-order valence-corrected chi connectivity index (χ3v) is 7.73. The molecule has 1 amide bonds. The van der Waals surface area contributed by atoms with Crippen LogP contribution in [0.3, 0.4) is 0 Å². The van der Waals surface area contributed by atoms with Crippen LogP contribution in [0.2, 0.25) is 0 Å². The van der Waals surface area contributed by atoms with Crippen LogP contribution in [0, 0.1) is 0 Å². The first-order valence-corrected chi connectivity index (χ1v) is 12.9. The average molecular weight is 492 g/mol. The number of piperazine rings is 1. The van der Waals surface area contributed by atoms with Crippen LogP contribution in [0.1, 0.15) is 15.9 Å². The first-order valence-electron chi connectivity index (χ1n) is 11.5. The number of carbonyl (C=O) groups is 1. The molecule has 35 heavy (non-hydrogen) atoms. The monoisotopic (exact) mass is 491 g/mol. The predicted molar refractivity (Wildman–Crippen MR) is 137 cm³/mol. The number of sulfonamides is 1. The molecule has 0 radical (unpaired) electrons. The van der Waals surface area contributed by atoms with Crippen molar-refractivity contribution in [2.75, 3.05) is 38.1 Å². The Labute approximate surface area is 206 Å². The first-order chi connectivity index (χ1) is 17.0. The number of carbonyl (C=O) groups excluding carboxylic acids is 1. The van der Waals surface area contributed by atoms with Gasteiger partial charge in [0.2, 0.25) is 10.0 Å². The highest BCUT2D eigenvalue weighted by molar-refractivity contribution is 7.89. The van der Waals surface area contributed by atoms with Gasteiger partial charge in [0, 0.05) is 44.0 Å². The molecule has 182 valence electrons. The molecule has 3 aromatic carbocycles. The third-order valence-electron chi connectivity index (χ3n) is 5.81. The number of hydrogen-bond acceptors (Lipinski definition) is 5. The Morgan fingerprint density at radius 1 is 0.914 bits per heavy atom. The van der Waals surface area contributed by atoms with Gasteiger partial charge in [0.15, 0.2) is 0 Å². The van der Waals surface area contributed by atoms with Crippen LogP contribution in [0.5, 0.6) is 5.75 Å². The molecular formula is C27H29N3O4S. The normalized spacial score (nSPS) is 14.9. The summed E-state index contributed by atoms with van der Waals surface area (Å²) in [6.45, 7) is 6.97. The van der Waals surface area contributed by atoms with Crippen LogP contribution < -0.4 is 10.1 Å². The zero-order chi connectivity index (χ0) is 24.7. The number of nitrogens with zero attached hydrogens (tertiary/aromatic N) is 2. The van der Waals surface area contributed by atoms with Gasteiger partial charge >= 0.3 is 0 Å². The Kier molecular flexibility index (Phi) is 7.97. The Morgan fingerprint density at radius 2 is 1.57 bits per heavy atom. The summed E-state index contributed by atoms with van der Waals surface area (Å²) in [4.78, 5) is 15.1. The van der Waals surface area contributed by atoms with Gasteiger partial charge in [-0.15, -0.1) is 0 Å². The number of rotatable bonds is 9. The van der Waals surface area contributed by atoms with E-state index in [1.807, 2.05) is 30.3 Å². The highest BCUT2D eigenvalue weighted by Gasteiger charge is 2.28. The van der Waals surface area contributed by atoms with Gasteiger partial charge in [0.05, 0.1) is 4.90 Å². The fraction of sp³-hybridized carbons (Fsp3) is 0.222. The summed E-state index contributed by atoms with van der Waals surface area (Å²) in [7, 11) is -3.45. The second-order valence-corrected chi connectivity index (χ2v) is 10.2. The minimum absolute atomic E-state index is 0.184. The number of benzene rings is 3. The second-order valence-electron chi connectivity index (χ2n) is 8.27. The summed E-state index contributed by atoms with van der Waals surface area (Å²) in [5.74, 6) is 0.529. The highest BCUT2D eigenvalue weighted by Crippen LogP contribution is 2.19. The van der Waals surface area contributed by atoms with Crippen molar-refractivity contribution in [3.05, 3.63) is 103 Å². The molecule has 0 saturated carbocycles. The van der Waals surface area contributed by atoms with Crippen molar-refractivity contribution in [2.24, 2.45) is 0 Å². The fourth-order valence-corrected chi connectivity index (χ4v) is 5.33. The van der Waals surface area contributed by atoms with Crippen LogP contribution in [-0.4, -0.2) is 56.3 Å². The van der Waals surface area contributed by atoms with E-state index in [0.29, 0.717) is 61.2 Å². The standard InChI is InChI=1S/C27H29N3O4S/c1-2-20-34-25-14-12-24(13-15-25)28-27(31)23-10-8-22(9-11-23)21-29-16-18-30(19-17-29)35(32,33)26-6-4-3-5-7-26/h2-15H,1,16-21H2,(H,28,31). The van der Waals surface area contributed by atoms with Crippen LogP contribution in [0.4, 0.5) is 5.69 Å². The van der Waals surface area contributed by atoms with Gasteiger partial charge in [-0.3, -0.25) is 9.69 Å². The molecule has 1 fully saturated rings. The Bertz CT molecular complexity index is 1240. The minimum atomic E-state index is -3.45. The topological polar surface area (TPSA) is 79.0 Å². The Morgan fingerprint density at radius 3 is 2.20 bits per heavy atom. The summed E-state index contributed by atoms with van der Waals surface area (Å²) in [6.07, 6.45) is 1.68. The van der Waals surface area contributed by atoms with Crippen molar-refractivity contribution >= 4 is 21.6 Å². The van der Waals surface area contributed by atoms with Crippen molar-refractivity contribution < 1.29 is 17.9 Å². The van der Waals surface area contributed by atoms with Gasteiger partial charge in [0.25, 0.3) is 5.91 Å². The zero-order valence-electron chi connectivity index (χ0n) is 19.5. The summed E-state index contributed by atoms with van der Waals surface area (Å²) in [5, 5.41) is 2.89. The molecule has 7 nitrogen and oxygen atoms in total. The van der Waals surface area contributed by atoms with Crippen molar-refractivity contribution in [2.45, 2.75) is 11.4 Å². The number of hydrogen-bond donors (Lipinski definition) is 1. The molecule has 4 rings (SSSR count). The SMILES string of the molecule is C=CCOc1ccc(NC(=O)c2ccc(CN3CCN(S(=O)(=O)c4ccccc4)CC3)cc2)cc1. The third kappa shape index (κ3) is 6.36. The van der Waals surface area contributed by atoms with Gasteiger partial charge in [-0.05, 0) is 54.1 Å². The lowest BCUT2D eigenvalue weighted by Crippen LogP contribution is -2.48. The van der Waals surface area contributed by atoms with E-state index < -0.39 is 10.0 Å². The summed E-state index contributed by atoms with van der Waals surface area (Å²) in [5.41, 5.74) is 2.33. The lowest BCUT2D eigenvalue weighted by Gasteiger charge is -2.34. The summed E-state index contributed by atoms with van der Waals surface area (Å²) in [6, 6.07) is 23.2. The molecule has 0 spiro atoms. The fourth-order valence-electron chi connectivity index (χ4n) is 3.88. The average Bonchev–Trinajstić information content (AvgIpc) is 2.89. The van der Waals surface area contributed by atoms with Crippen LogP contribution in [0.25, 0.3) is 0 Å². The molecule has 1 heterocycles. The van der Waals surface area contributed by atoms with Gasteiger partial charge in [-0.25, -0.2) is 8.42 Å². The van der Waals surface area contributed by atoms with Crippen molar-refractivity contribution in [1.82, 2.24) is 9.21 Å². The molecule has 8 heteroatoms. The summed E-state index contributed by atoms with van der Waals surface area (Å²) < 4.78 is 32.6. The molecule has 0 bridgehead atoms. The van der Waals surface area contributed by atoms with E-state index in [-0.39, 0.29) is 5.91 Å². The van der Waals surface area contributed by atoms with Crippen molar-refractivity contribution in [3.63, 3.8) is 0 Å². The van der Waals surface area contributed by atoms with E-state index in [4.69, 9.17) is 4.74 Å². The van der Waals surface area contributed by atoms with E-state index in [1.54, 1.807) is 58.9 Å². The Balaban J connectivity index is 1.28. The minimum Gasteiger partial charge on any atom is -0.490 e. The van der Waals surface area contributed by atoms with Gasteiger partial charge in [0.1, 0.15) is 12.4 Å². The van der Waals surface area contributed by atoms with E-state index in [2.05, 4.69) is 16.8 Å². The van der Waals surface area contributed by atoms with Crippen LogP contribution in [-0.2, 0) is 16.6 Å². The van der Waals surface area contributed by atoms with E-state index in [9.17, 15) is 13.2 Å². The molecular weight excluding hydrogens is 462 g/mol. The van der Waals surface area contributed by atoms with Crippen LogP contribution in [0.15, 0.2) is 96.4 Å². The molecule has 0 aromatic heterocycles. The molecule has 0 aliphatic carbocycles. The molecule has 0 atom stereocenters. The molecule has 0 unspecified atom stereocenters. The largest absolute Gasteiger partial charge is 0.490 e. The molecule has 1 N–H and O–H groups in total. The van der Waals surface area contributed by atoms with E-state index in [0.717, 1.165) is 5.56 Å². The van der Waals surface area contributed by atoms with E-state index >= 15 is 0 Å². The molecule has 3 aromatic rings. The van der Waals surface area contributed by atoms with Crippen LogP contribution >= 0.6 is 0 Å². The van der Waals surface area contributed by atoms with Crippen molar-refractivity contribution in [1.29, 1.82) is 0 Å². The van der Waals surface area contributed by atoms with Gasteiger partial charge < -0.3 is 10.1 Å². The maximum atomic E-state index is 12.8. The lowest BCUT2D eigenvalue weighted by molar-refractivity contribution is 0.102. The van der Waals surface area contributed by atoms with Gasteiger partial charge in [-0.1, -0.05) is 43.0 Å². The smallest absolute Gasteiger partial charge is 0.255 e. The maximum absolute atomic E-state index is 12.8. The predicted octanol–water partition coefficient (Wildman–Crippen LogP) is 4.01. The summed E-state index contributed by atoms with van der Waals surface area (Å²) >= 11 is 0. The first kappa shape index (κ1) is 24.7. The van der Waals surface area contributed by atoms with Crippen molar-refractivity contribution in [3.8, 4) is 5.75 Å².